The van der Waals surface area contributed by atoms with Crippen LogP contribution in [-0.4, -0.2) is 79.3 Å². The maximum absolute atomic E-state index is 12.2. The Morgan fingerprint density at radius 3 is 2.34 bits per heavy atom. The molecule has 1 fully saturated rings. The number of aliphatic hydroxyl groups excluding tert-OH is 3. The lowest BCUT2D eigenvalue weighted by Crippen LogP contribution is -2.33. The van der Waals surface area contributed by atoms with E-state index in [0.717, 1.165) is 10.9 Å². The van der Waals surface area contributed by atoms with Crippen molar-refractivity contribution in [1.82, 2.24) is 19.5 Å². The summed E-state index contributed by atoms with van der Waals surface area (Å²) in [6.45, 7) is -0.617. The first kappa shape index (κ1) is 25.1. The van der Waals surface area contributed by atoms with Gasteiger partial charge in [-0.25, -0.2) is 18.7 Å². The minimum absolute atomic E-state index is 0.200. The van der Waals surface area contributed by atoms with Gasteiger partial charge in [-0.3, -0.25) is 9.65 Å². The van der Waals surface area contributed by atoms with Gasteiger partial charge in [0.1, 0.15) is 18.3 Å². The van der Waals surface area contributed by atoms with Gasteiger partial charge in [-0.2, -0.15) is 18.6 Å². The lowest BCUT2D eigenvalue weighted by atomic mass is 10.1. The first-order valence-corrected chi connectivity index (χ1v) is 12.8. The molecule has 1 aliphatic heterocycles. The molecule has 3 heterocycles. The summed E-state index contributed by atoms with van der Waals surface area (Å²) < 4.78 is 48.2. The third-order valence-electron chi connectivity index (χ3n) is 3.90. The molecule has 0 radical (unpaired) electrons. The first-order chi connectivity index (χ1) is 14.6. The van der Waals surface area contributed by atoms with E-state index in [0.29, 0.717) is 0 Å². The first-order valence-electron chi connectivity index (χ1n) is 8.17. The normalized spacial score (nSPS) is 27.8. The fourth-order valence-electron chi connectivity index (χ4n) is 2.75. The van der Waals surface area contributed by atoms with E-state index in [1.54, 1.807) is 5.09 Å². The summed E-state index contributed by atoms with van der Waals surface area (Å²) >= 11 is 0. The van der Waals surface area contributed by atoms with Gasteiger partial charge in [0.25, 0.3) is 0 Å². The van der Waals surface area contributed by atoms with Crippen LogP contribution < -0.4 is 10.8 Å². The molecule has 180 valence electrons. The van der Waals surface area contributed by atoms with Gasteiger partial charge < -0.3 is 45.4 Å². The molecule has 0 aliphatic carbocycles. The molecule has 2 unspecified atom stereocenters. The number of anilines is 2. The number of aromatic nitrogens is 4. The van der Waals surface area contributed by atoms with Crippen LogP contribution >= 0.6 is 23.4 Å². The Hall–Kier alpha value is -1.56. The Labute approximate surface area is 176 Å². The Balaban J connectivity index is 1.93. The smallest absolute Gasteiger partial charge is 0.394 e. The number of aliphatic hydroxyl groups is 3. The van der Waals surface area contributed by atoms with Crippen molar-refractivity contribution in [3.05, 3.63) is 6.33 Å². The van der Waals surface area contributed by atoms with Crippen molar-refractivity contribution in [1.29, 1.82) is 0 Å². The average Bonchev–Trinajstić information content (AvgIpc) is 3.13. The van der Waals surface area contributed by atoms with Gasteiger partial charge in [0, 0.05) is 0 Å². The number of nitrogens with zero attached hydrogens (tertiary/aromatic N) is 4. The molecule has 0 saturated carbocycles. The zero-order valence-electron chi connectivity index (χ0n) is 15.4. The van der Waals surface area contributed by atoms with E-state index >= 15 is 0 Å². The van der Waals surface area contributed by atoms with Crippen LogP contribution in [0.4, 0.5) is 11.8 Å². The SMILES string of the molecule is Nc1nc(NP(=O)(O)OP(=O)(O)OP(=O)(O)O)c2ncn([C@@H]3O[C@H](CO)[C@@H](O)[C@H]3O)c2n1. The molecule has 2 aromatic rings. The second-order valence-corrected chi connectivity index (χ2v) is 10.7. The molecule has 1 saturated heterocycles. The lowest BCUT2D eigenvalue weighted by molar-refractivity contribution is -0.0511. The summed E-state index contributed by atoms with van der Waals surface area (Å²) in [6, 6.07) is 0. The fourth-order valence-corrected chi connectivity index (χ4v) is 5.92. The molecule has 0 spiro atoms. The Morgan fingerprint density at radius 1 is 1.12 bits per heavy atom. The minimum atomic E-state index is -5.73. The van der Waals surface area contributed by atoms with Crippen molar-refractivity contribution in [2.45, 2.75) is 24.5 Å². The number of nitrogens with one attached hydrogen (secondary N) is 1. The summed E-state index contributed by atoms with van der Waals surface area (Å²) in [4.78, 5) is 47.5. The highest BCUT2D eigenvalue weighted by atomic mass is 31.3. The molecular formula is C10H17N6O13P3. The number of imidazole rings is 1. The summed E-state index contributed by atoms with van der Waals surface area (Å²) in [5.74, 6) is -1.15. The number of nitrogens with two attached hydrogens (primary N) is 1. The highest BCUT2D eigenvalue weighted by Crippen LogP contribution is 2.65. The van der Waals surface area contributed by atoms with E-state index < -0.39 is 66.3 Å². The molecule has 2 aromatic heterocycles. The summed E-state index contributed by atoms with van der Waals surface area (Å²) in [5, 5.41) is 31.0. The van der Waals surface area contributed by atoms with E-state index in [1.807, 2.05) is 0 Å². The van der Waals surface area contributed by atoms with Crippen molar-refractivity contribution >= 4 is 46.3 Å². The number of phosphoric acid groups is 2. The van der Waals surface area contributed by atoms with E-state index in [9.17, 15) is 38.8 Å². The molecule has 32 heavy (non-hydrogen) atoms. The summed E-state index contributed by atoms with van der Waals surface area (Å²) in [5.41, 5.74) is 5.06. The number of hydrogen-bond donors (Lipinski definition) is 9. The van der Waals surface area contributed by atoms with Gasteiger partial charge >= 0.3 is 23.4 Å². The number of rotatable bonds is 8. The van der Waals surface area contributed by atoms with Crippen LogP contribution in [0.5, 0.6) is 0 Å². The summed E-state index contributed by atoms with van der Waals surface area (Å²) in [7, 11) is -16.7. The highest BCUT2D eigenvalue weighted by Gasteiger charge is 2.44. The number of fused-ring (bicyclic) bond motifs is 1. The third-order valence-corrected chi connectivity index (χ3v) is 7.78. The van der Waals surface area contributed by atoms with E-state index in [2.05, 4.69) is 23.6 Å². The molecule has 10 N–H and O–H groups in total. The molecule has 22 heteroatoms. The van der Waals surface area contributed by atoms with Gasteiger partial charge in [-0.05, 0) is 0 Å². The zero-order chi connectivity index (χ0) is 24.1. The molecule has 1 aliphatic rings. The van der Waals surface area contributed by atoms with Crippen molar-refractivity contribution in [2.75, 3.05) is 17.4 Å². The maximum Gasteiger partial charge on any atom is 0.489 e. The maximum atomic E-state index is 12.2. The standard InChI is InChI=1S/C10H17N6O13P3/c11-10-13-7(15-30(20,21)28-32(25,26)29-31(22,23)24)4-8(14-10)16(2-12-4)9-6(19)5(18)3(1-17)27-9/h2-3,5-6,9,17-19H,1H2,(H,25,26)(H2,22,23,24)(H4,11,13,14,15,20,21)/t3-,5-,6-,9-/m1/s1. The number of hydrogen-bond acceptors (Lipinski definition) is 13. The Bertz CT molecular complexity index is 1150. The van der Waals surface area contributed by atoms with Crippen LogP contribution in [0, 0.1) is 0 Å². The Kier molecular flexibility index (Phi) is 6.78. The van der Waals surface area contributed by atoms with Crippen LogP contribution in [0.25, 0.3) is 11.2 Å². The van der Waals surface area contributed by atoms with Crippen molar-refractivity contribution in [3.63, 3.8) is 0 Å². The van der Waals surface area contributed by atoms with Crippen molar-refractivity contribution in [3.8, 4) is 0 Å². The molecule has 0 aromatic carbocycles. The molecule has 6 atom stereocenters. The second kappa shape index (κ2) is 8.66. The van der Waals surface area contributed by atoms with Gasteiger partial charge in [-0.15, -0.1) is 0 Å². The highest BCUT2D eigenvalue weighted by molar-refractivity contribution is 7.68. The lowest BCUT2D eigenvalue weighted by Gasteiger charge is -2.18. The van der Waals surface area contributed by atoms with Crippen LogP contribution in [0.3, 0.4) is 0 Å². The predicted octanol–water partition coefficient (Wildman–Crippen LogP) is -2.24. The third kappa shape index (κ3) is 5.49. The minimum Gasteiger partial charge on any atom is -0.394 e. The topological polar surface area (TPSA) is 302 Å². The zero-order valence-corrected chi connectivity index (χ0v) is 18.1. The quantitative estimate of drug-likeness (QED) is 0.165. The summed E-state index contributed by atoms with van der Waals surface area (Å²) in [6.07, 6.45) is -4.40. The molecule has 0 bridgehead atoms. The van der Waals surface area contributed by atoms with Gasteiger partial charge in [0.2, 0.25) is 5.95 Å². The second-order valence-electron chi connectivity index (χ2n) is 6.24. The van der Waals surface area contributed by atoms with Crippen LogP contribution in [0.2, 0.25) is 0 Å². The molecule has 0 amide bonds. The Morgan fingerprint density at radius 2 is 1.78 bits per heavy atom. The monoisotopic (exact) mass is 522 g/mol. The fraction of sp³-hybridized carbons (Fsp3) is 0.500. The van der Waals surface area contributed by atoms with Crippen molar-refractivity contribution < 1.29 is 61.9 Å². The van der Waals surface area contributed by atoms with Crippen molar-refractivity contribution in [2.24, 2.45) is 0 Å². The molecule has 3 rings (SSSR count). The van der Waals surface area contributed by atoms with Gasteiger partial charge in [-0.1, -0.05) is 0 Å². The van der Waals surface area contributed by atoms with E-state index in [1.165, 1.54) is 0 Å². The van der Waals surface area contributed by atoms with Gasteiger partial charge in [0.05, 0.1) is 12.9 Å². The van der Waals surface area contributed by atoms with Gasteiger partial charge in [0.15, 0.2) is 23.2 Å². The average molecular weight is 522 g/mol. The van der Waals surface area contributed by atoms with E-state index in [4.69, 9.17) is 20.3 Å². The number of ether oxygens (including phenoxy) is 1. The predicted molar refractivity (Wildman–Crippen MR) is 100 cm³/mol. The van der Waals surface area contributed by atoms with E-state index in [-0.39, 0.29) is 11.2 Å². The van der Waals surface area contributed by atoms with Crippen LogP contribution in [0.1, 0.15) is 6.23 Å². The molecule has 19 nitrogen and oxygen atoms in total. The number of nitrogen functional groups attached to an aromatic ring is 1. The molecular weight excluding hydrogens is 505 g/mol. The van der Waals surface area contributed by atoms with Crippen LogP contribution in [0.15, 0.2) is 6.33 Å². The van der Waals surface area contributed by atoms with Crippen LogP contribution in [-0.2, 0) is 27.1 Å². The largest absolute Gasteiger partial charge is 0.489 e.